The van der Waals surface area contributed by atoms with Crippen molar-refractivity contribution in [3.63, 3.8) is 0 Å². The second-order valence-corrected chi connectivity index (χ2v) is 1.21. The van der Waals surface area contributed by atoms with Crippen LogP contribution in [0.3, 0.4) is 0 Å². The van der Waals surface area contributed by atoms with Crippen molar-refractivity contribution in [2.75, 3.05) is 13.6 Å². The summed E-state index contributed by atoms with van der Waals surface area (Å²) in [5.74, 6) is 0.00231. The predicted molar refractivity (Wildman–Crippen MR) is 27.7 cm³/mol. The lowest BCUT2D eigenvalue weighted by atomic mass is 10.4. The second-order valence-electron chi connectivity index (χ2n) is 1.21. The minimum atomic E-state index is 0.00231. The van der Waals surface area contributed by atoms with Crippen molar-refractivity contribution in [1.29, 1.82) is 0 Å². The van der Waals surface area contributed by atoms with Gasteiger partial charge in [0.2, 0.25) is 5.91 Å². The van der Waals surface area contributed by atoms with Gasteiger partial charge in [-0.3, -0.25) is 4.79 Å². The standard InChI is InChI=1S/C4H10N2O/c1-6-4(7)2-3-5/h2-3,5H2,1H3,(H,6,7). The predicted octanol–water partition coefficient (Wildman–Crippen LogP) is -0.919. The Labute approximate surface area is 42.9 Å². The highest BCUT2D eigenvalue weighted by molar-refractivity contribution is 5.75. The summed E-state index contributed by atoms with van der Waals surface area (Å²) >= 11 is 0. The summed E-state index contributed by atoms with van der Waals surface area (Å²) in [4.78, 5) is 10.2. The molecule has 0 fully saturated rings. The molecule has 0 unspecified atom stereocenters. The summed E-state index contributed by atoms with van der Waals surface area (Å²) in [6.07, 6.45) is 0.427. The lowest BCUT2D eigenvalue weighted by molar-refractivity contribution is -0.120. The first-order valence-corrected chi connectivity index (χ1v) is 2.22. The molecule has 0 saturated heterocycles. The van der Waals surface area contributed by atoms with Gasteiger partial charge in [0.05, 0.1) is 0 Å². The molecule has 0 spiro atoms. The zero-order valence-corrected chi connectivity index (χ0v) is 4.40. The molecule has 0 rings (SSSR count). The molecule has 3 heteroatoms. The van der Waals surface area contributed by atoms with Gasteiger partial charge in [-0.25, -0.2) is 0 Å². The van der Waals surface area contributed by atoms with Gasteiger partial charge in [0, 0.05) is 20.0 Å². The third-order valence-electron chi connectivity index (χ3n) is 0.650. The lowest BCUT2D eigenvalue weighted by Gasteiger charge is -1.91. The maximum Gasteiger partial charge on any atom is 0.221 e. The summed E-state index contributed by atoms with van der Waals surface area (Å²) in [6, 6.07) is 0. The van der Waals surface area contributed by atoms with Gasteiger partial charge >= 0.3 is 0 Å². The molecular formula is C4H10N2O. The third-order valence-corrected chi connectivity index (χ3v) is 0.650. The van der Waals surface area contributed by atoms with Crippen LogP contribution in [0.25, 0.3) is 0 Å². The normalized spacial score (nSPS) is 8.29. The van der Waals surface area contributed by atoms with Gasteiger partial charge in [0.25, 0.3) is 0 Å². The van der Waals surface area contributed by atoms with E-state index in [-0.39, 0.29) is 5.91 Å². The molecule has 0 bridgehead atoms. The van der Waals surface area contributed by atoms with E-state index in [2.05, 4.69) is 5.32 Å². The van der Waals surface area contributed by atoms with E-state index in [1.807, 2.05) is 0 Å². The number of nitrogens with two attached hydrogens (primary N) is 1. The van der Waals surface area contributed by atoms with Crippen LogP contribution in [0.5, 0.6) is 0 Å². The van der Waals surface area contributed by atoms with Crippen LogP contribution in [-0.2, 0) is 4.79 Å². The molecule has 0 aliphatic heterocycles. The fourth-order valence-electron chi connectivity index (χ4n) is 0.256. The lowest BCUT2D eigenvalue weighted by Crippen LogP contribution is -2.20. The van der Waals surface area contributed by atoms with Crippen molar-refractivity contribution in [3.8, 4) is 0 Å². The monoisotopic (exact) mass is 102 g/mol. The number of hydrogen-bond acceptors (Lipinski definition) is 2. The van der Waals surface area contributed by atoms with Gasteiger partial charge in [-0.1, -0.05) is 0 Å². The molecule has 0 heterocycles. The first-order valence-electron chi connectivity index (χ1n) is 2.22. The number of nitrogens with one attached hydrogen (secondary N) is 1. The first-order chi connectivity index (χ1) is 3.31. The number of carbonyl (C=O) groups excluding carboxylic acids is 1. The van der Waals surface area contributed by atoms with Gasteiger partial charge < -0.3 is 11.1 Å². The molecule has 0 aliphatic carbocycles. The fraction of sp³-hybridized carbons (Fsp3) is 0.750. The van der Waals surface area contributed by atoms with E-state index in [0.717, 1.165) is 0 Å². The van der Waals surface area contributed by atoms with Gasteiger partial charge in [-0.15, -0.1) is 0 Å². The smallest absolute Gasteiger partial charge is 0.221 e. The van der Waals surface area contributed by atoms with Crippen LogP contribution in [-0.4, -0.2) is 19.5 Å². The van der Waals surface area contributed by atoms with Crippen LogP contribution in [0.15, 0.2) is 0 Å². The summed E-state index contributed by atoms with van der Waals surface area (Å²) in [5.41, 5.74) is 5.04. The Kier molecular flexibility index (Phi) is 3.32. The topological polar surface area (TPSA) is 55.1 Å². The minimum absolute atomic E-state index is 0.00231. The highest BCUT2D eigenvalue weighted by atomic mass is 16.1. The molecule has 7 heavy (non-hydrogen) atoms. The van der Waals surface area contributed by atoms with Gasteiger partial charge in [-0.2, -0.15) is 0 Å². The van der Waals surface area contributed by atoms with Crippen molar-refractivity contribution in [1.82, 2.24) is 5.32 Å². The summed E-state index contributed by atoms with van der Waals surface area (Å²) in [6.45, 7) is 0.430. The number of carbonyl (C=O) groups is 1. The van der Waals surface area contributed by atoms with E-state index in [9.17, 15) is 4.79 Å². The molecular weight excluding hydrogens is 92.1 g/mol. The average Bonchev–Trinajstić information content (AvgIpc) is 1.68. The maximum absolute atomic E-state index is 10.2. The number of rotatable bonds is 2. The number of amides is 1. The minimum Gasteiger partial charge on any atom is -0.359 e. The summed E-state index contributed by atoms with van der Waals surface area (Å²) in [5, 5.41) is 2.45. The van der Waals surface area contributed by atoms with E-state index < -0.39 is 0 Å². The molecule has 0 radical (unpaired) electrons. The molecule has 0 aromatic heterocycles. The van der Waals surface area contributed by atoms with Crippen LogP contribution in [0, 0.1) is 0 Å². The van der Waals surface area contributed by atoms with Crippen molar-refractivity contribution < 1.29 is 4.79 Å². The molecule has 0 aliphatic rings. The van der Waals surface area contributed by atoms with Crippen molar-refractivity contribution in [3.05, 3.63) is 0 Å². The molecule has 42 valence electrons. The Bertz CT molecular complexity index is 62.7. The van der Waals surface area contributed by atoms with Crippen LogP contribution >= 0.6 is 0 Å². The SMILES string of the molecule is CNC(=O)CCN. The Hall–Kier alpha value is -0.570. The number of hydrogen-bond donors (Lipinski definition) is 2. The fourth-order valence-corrected chi connectivity index (χ4v) is 0.256. The Morgan fingerprint density at radius 1 is 1.86 bits per heavy atom. The Balaban J connectivity index is 3.00. The van der Waals surface area contributed by atoms with E-state index in [0.29, 0.717) is 13.0 Å². The van der Waals surface area contributed by atoms with Gasteiger partial charge in [0.15, 0.2) is 0 Å². The summed E-state index contributed by atoms with van der Waals surface area (Å²) in [7, 11) is 1.60. The van der Waals surface area contributed by atoms with Gasteiger partial charge in [-0.05, 0) is 0 Å². The average molecular weight is 102 g/mol. The highest BCUT2D eigenvalue weighted by Gasteiger charge is 1.90. The zero-order chi connectivity index (χ0) is 5.70. The molecule has 0 aromatic rings. The molecule has 0 atom stereocenters. The maximum atomic E-state index is 10.2. The van der Waals surface area contributed by atoms with E-state index in [1.54, 1.807) is 7.05 Å². The van der Waals surface area contributed by atoms with Crippen LogP contribution in [0.1, 0.15) is 6.42 Å². The highest BCUT2D eigenvalue weighted by Crippen LogP contribution is 1.68. The van der Waals surface area contributed by atoms with Crippen molar-refractivity contribution in [2.24, 2.45) is 5.73 Å². The van der Waals surface area contributed by atoms with Crippen molar-refractivity contribution in [2.45, 2.75) is 6.42 Å². The Morgan fingerprint density at radius 2 is 2.43 bits per heavy atom. The Morgan fingerprint density at radius 3 is 2.57 bits per heavy atom. The molecule has 0 aromatic carbocycles. The molecule has 1 amide bonds. The quantitative estimate of drug-likeness (QED) is 0.474. The second kappa shape index (κ2) is 3.61. The van der Waals surface area contributed by atoms with E-state index in [4.69, 9.17) is 5.73 Å². The van der Waals surface area contributed by atoms with Crippen LogP contribution in [0.2, 0.25) is 0 Å². The molecule has 3 N–H and O–H groups in total. The van der Waals surface area contributed by atoms with Gasteiger partial charge in [0.1, 0.15) is 0 Å². The zero-order valence-electron chi connectivity index (χ0n) is 4.40. The van der Waals surface area contributed by atoms with E-state index >= 15 is 0 Å². The van der Waals surface area contributed by atoms with Crippen molar-refractivity contribution >= 4 is 5.91 Å². The van der Waals surface area contributed by atoms with E-state index in [1.165, 1.54) is 0 Å². The summed E-state index contributed by atoms with van der Waals surface area (Å²) < 4.78 is 0. The van der Waals surface area contributed by atoms with Crippen LogP contribution in [0.4, 0.5) is 0 Å². The molecule has 3 nitrogen and oxygen atoms in total. The third kappa shape index (κ3) is 3.26. The van der Waals surface area contributed by atoms with Crippen LogP contribution < -0.4 is 11.1 Å². The molecule has 0 saturated carbocycles. The largest absolute Gasteiger partial charge is 0.359 e. The first kappa shape index (κ1) is 6.43.